The van der Waals surface area contributed by atoms with Gasteiger partial charge in [-0.15, -0.1) is 0 Å². The molecule has 1 aliphatic rings. The number of nitrogens with zero attached hydrogens (tertiary/aromatic N) is 3. The van der Waals surface area contributed by atoms with E-state index in [4.69, 9.17) is 0 Å². The van der Waals surface area contributed by atoms with Crippen LogP contribution in [-0.4, -0.2) is 40.7 Å². The van der Waals surface area contributed by atoms with E-state index in [0.717, 1.165) is 52.9 Å². The maximum absolute atomic E-state index is 11.6. The Hall–Kier alpha value is -1.66. The summed E-state index contributed by atoms with van der Waals surface area (Å²) in [6.45, 7) is 5.73. The molecule has 1 amide bonds. The second-order valence-corrected chi connectivity index (χ2v) is 7.38. The molecule has 6 heteroatoms. The first-order chi connectivity index (χ1) is 11.5. The van der Waals surface area contributed by atoms with E-state index in [9.17, 15) is 4.79 Å². The van der Waals surface area contributed by atoms with Gasteiger partial charge in [0.15, 0.2) is 0 Å². The SMILES string of the molecule is CC(=O)Nc1cc(C)c(Br)cc1-c1ccnn1C1CCN(C)CC1. The minimum atomic E-state index is -0.0664. The van der Waals surface area contributed by atoms with E-state index >= 15 is 0 Å². The number of anilines is 1. The van der Waals surface area contributed by atoms with Crippen molar-refractivity contribution in [2.45, 2.75) is 32.7 Å². The highest BCUT2D eigenvalue weighted by Crippen LogP contribution is 2.35. The number of carbonyl (C=O) groups excluding carboxylic acids is 1. The smallest absolute Gasteiger partial charge is 0.221 e. The lowest BCUT2D eigenvalue weighted by Crippen LogP contribution is -2.32. The Morgan fingerprint density at radius 3 is 2.71 bits per heavy atom. The van der Waals surface area contributed by atoms with Crippen LogP contribution in [0.3, 0.4) is 0 Å². The van der Waals surface area contributed by atoms with Gasteiger partial charge >= 0.3 is 0 Å². The zero-order chi connectivity index (χ0) is 17.3. The van der Waals surface area contributed by atoms with Gasteiger partial charge in [0, 0.05) is 23.2 Å². The molecule has 0 atom stereocenters. The molecule has 0 bridgehead atoms. The molecular weight excluding hydrogens is 368 g/mol. The van der Waals surface area contributed by atoms with Gasteiger partial charge in [-0.2, -0.15) is 5.10 Å². The van der Waals surface area contributed by atoms with Gasteiger partial charge in [0.05, 0.1) is 17.4 Å². The highest BCUT2D eigenvalue weighted by atomic mass is 79.9. The molecule has 1 fully saturated rings. The molecule has 0 aliphatic carbocycles. The number of hydrogen-bond donors (Lipinski definition) is 1. The van der Waals surface area contributed by atoms with Crippen molar-refractivity contribution < 1.29 is 4.79 Å². The number of halogens is 1. The summed E-state index contributed by atoms with van der Waals surface area (Å²) < 4.78 is 3.15. The van der Waals surface area contributed by atoms with Gasteiger partial charge in [-0.05, 0) is 63.7 Å². The predicted molar refractivity (Wildman–Crippen MR) is 100 cm³/mol. The van der Waals surface area contributed by atoms with E-state index in [1.54, 1.807) is 0 Å². The summed E-state index contributed by atoms with van der Waals surface area (Å²) in [5, 5.41) is 7.54. The lowest BCUT2D eigenvalue weighted by Gasteiger charge is -2.30. The average molecular weight is 391 g/mol. The standard InChI is InChI=1S/C18H23BrN4O/c1-12-10-17(21-13(2)24)15(11-16(12)19)18-4-7-20-23(18)14-5-8-22(3)9-6-14/h4,7,10-11,14H,5-6,8-9H2,1-3H3,(H,21,24). The summed E-state index contributed by atoms with van der Waals surface area (Å²) in [5.74, 6) is -0.0664. The van der Waals surface area contributed by atoms with Crippen LogP contribution >= 0.6 is 15.9 Å². The fourth-order valence-corrected chi connectivity index (χ4v) is 3.59. The van der Waals surface area contributed by atoms with Crippen LogP contribution in [0.2, 0.25) is 0 Å². The van der Waals surface area contributed by atoms with Crippen molar-refractivity contribution in [3.63, 3.8) is 0 Å². The molecule has 1 N–H and O–H groups in total. The Morgan fingerprint density at radius 2 is 2.04 bits per heavy atom. The van der Waals surface area contributed by atoms with Crippen molar-refractivity contribution >= 4 is 27.5 Å². The number of benzene rings is 1. The third-order valence-electron chi connectivity index (χ3n) is 4.59. The van der Waals surface area contributed by atoms with Crippen LogP contribution in [0.25, 0.3) is 11.3 Å². The van der Waals surface area contributed by atoms with Gasteiger partial charge < -0.3 is 10.2 Å². The number of hydrogen-bond acceptors (Lipinski definition) is 3. The lowest BCUT2D eigenvalue weighted by atomic mass is 10.0. The van der Waals surface area contributed by atoms with Crippen molar-refractivity contribution in [1.82, 2.24) is 14.7 Å². The summed E-state index contributed by atoms with van der Waals surface area (Å²) in [7, 11) is 2.16. The number of nitrogens with one attached hydrogen (secondary N) is 1. The summed E-state index contributed by atoms with van der Waals surface area (Å²) >= 11 is 3.61. The number of likely N-dealkylation sites (tertiary alicyclic amines) is 1. The van der Waals surface area contributed by atoms with Gasteiger partial charge in [0.2, 0.25) is 5.91 Å². The summed E-state index contributed by atoms with van der Waals surface area (Å²) in [4.78, 5) is 14.0. The Balaban J connectivity index is 2.02. The van der Waals surface area contributed by atoms with Crippen LogP contribution < -0.4 is 5.32 Å². The van der Waals surface area contributed by atoms with E-state index in [0.29, 0.717) is 6.04 Å². The van der Waals surface area contributed by atoms with Crippen LogP contribution in [0, 0.1) is 6.92 Å². The molecule has 2 aromatic rings. The number of piperidine rings is 1. The first kappa shape index (κ1) is 17.2. The second kappa shape index (κ2) is 7.07. The number of rotatable bonds is 3. The molecule has 24 heavy (non-hydrogen) atoms. The number of carbonyl (C=O) groups is 1. The van der Waals surface area contributed by atoms with Crippen molar-refractivity contribution in [2.75, 3.05) is 25.5 Å². The molecule has 2 heterocycles. The Morgan fingerprint density at radius 1 is 1.33 bits per heavy atom. The first-order valence-electron chi connectivity index (χ1n) is 8.26. The van der Waals surface area contributed by atoms with Gasteiger partial charge in [-0.3, -0.25) is 9.48 Å². The van der Waals surface area contributed by atoms with E-state index < -0.39 is 0 Å². The van der Waals surface area contributed by atoms with Gasteiger partial charge in [-0.25, -0.2) is 0 Å². The van der Waals surface area contributed by atoms with Gasteiger partial charge in [-0.1, -0.05) is 15.9 Å². The van der Waals surface area contributed by atoms with Crippen molar-refractivity contribution in [1.29, 1.82) is 0 Å². The van der Waals surface area contributed by atoms with Crippen LogP contribution in [0.4, 0.5) is 5.69 Å². The molecule has 128 valence electrons. The Labute approximate surface area is 151 Å². The second-order valence-electron chi connectivity index (χ2n) is 6.52. The summed E-state index contributed by atoms with van der Waals surface area (Å²) in [6.07, 6.45) is 4.03. The zero-order valence-corrected chi connectivity index (χ0v) is 15.9. The van der Waals surface area contributed by atoms with Crippen molar-refractivity contribution in [3.8, 4) is 11.3 Å². The third kappa shape index (κ3) is 3.54. The average Bonchev–Trinajstić information content (AvgIpc) is 3.00. The Kier molecular flexibility index (Phi) is 5.06. The van der Waals surface area contributed by atoms with Gasteiger partial charge in [0.25, 0.3) is 0 Å². The predicted octanol–water partition coefficient (Wildman–Crippen LogP) is 3.85. The maximum Gasteiger partial charge on any atom is 0.221 e. The van der Waals surface area contributed by atoms with Crippen molar-refractivity contribution in [3.05, 3.63) is 34.4 Å². The van der Waals surface area contributed by atoms with Crippen LogP contribution in [-0.2, 0) is 4.79 Å². The highest BCUT2D eigenvalue weighted by Gasteiger charge is 2.22. The molecule has 3 rings (SSSR count). The number of amides is 1. The lowest BCUT2D eigenvalue weighted by molar-refractivity contribution is -0.114. The molecule has 1 saturated heterocycles. The molecule has 0 unspecified atom stereocenters. The fourth-order valence-electron chi connectivity index (χ4n) is 3.24. The minimum absolute atomic E-state index is 0.0664. The third-order valence-corrected chi connectivity index (χ3v) is 5.44. The summed E-state index contributed by atoms with van der Waals surface area (Å²) in [6, 6.07) is 6.51. The van der Waals surface area contributed by atoms with E-state index in [1.807, 2.05) is 25.3 Å². The van der Waals surface area contributed by atoms with E-state index in [1.165, 1.54) is 6.92 Å². The van der Waals surface area contributed by atoms with Gasteiger partial charge in [0.1, 0.15) is 0 Å². The number of aromatic nitrogens is 2. The maximum atomic E-state index is 11.6. The zero-order valence-electron chi connectivity index (χ0n) is 14.3. The Bertz CT molecular complexity index is 747. The topological polar surface area (TPSA) is 50.2 Å². The molecule has 0 radical (unpaired) electrons. The van der Waals surface area contributed by atoms with E-state index in [-0.39, 0.29) is 5.91 Å². The van der Waals surface area contributed by atoms with Crippen LogP contribution in [0.1, 0.15) is 31.4 Å². The molecule has 1 aliphatic heterocycles. The normalized spacial score (nSPS) is 16.3. The molecule has 0 spiro atoms. The molecular formula is C18H23BrN4O. The van der Waals surface area contributed by atoms with E-state index in [2.05, 4.69) is 49.0 Å². The molecule has 0 saturated carbocycles. The monoisotopic (exact) mass is 390 g/mol. The largest absolute Gasteiger partial charge is 0.326 e. The molecule has 1 aromatic heterocycles. The molecule has 5 nitrogen and oxygen atoms in total. The van der Waals surface area contributed by atoms with Crippen LogP contribution in [0.15, 0.2) is 28.9 Å². The first-order valence-corrected chi connectivity index (χ1v) is 9.05. The van der Waals surface area contributed by atoms with Crippen LogP contribution in [0.5, 0.6) is 0 Å². The van der Waals surface area contributed by atoms with Crippen molar-refractivity contribution in [2.24, 2.45) is 0 Å². The number of aryl methyl sites for hydroxylation is 1. The highest BCUT2D eigenvalue weighted by molar-refractivity contribution is 9.10. The summed E-state index contributed by atoms with van der Waals surface area (Å²) in [5.41, 5.74) is 3.97. The minimum Gasteiger partial charge on any atom is -0.326 e. The quantitative estimate of drug-likeness (QED) is 0.865. The molecule has 1 aromatic carbocycles. The fraction of sp³-hybridized carbons (Fsp3) is 0.444.